The number of likely N-dealkylation sites (tertiary alicyclic amines) is 1. The Balaban J connectivity index is 1.90. The van der Waals surface area contributed by atoms with Gasteiger partial charge in [0.2, 0.25) is 0 Å². The lowest BCUT2D eigenvalue weighted by atomic mass is 10.1. The van der Waals surface area contributed by atoms with Crippen LogP contribution in [0.4, 0.5) is 0 Å². The summed E-state index contributed by atoms with van der Waals surface area (Å²) in [6.45, 7) is 12.5. The number of rotatable bonds is 2. The summed E-state index contributed by atoms with van der Waals surface area (Å²) < 4.78 is 2.23. The third kappa shape index (κ3) is 2.64. The number of hydrogen-bond acceptors (Lipinski definition) is 2. The molecule has 3 heteroatoms. The van der Waals surface area contributed by atoms with Gasteiger partial charge in [-0.2, -0.15) is 0 Å². The molecule has 1 atom stereocenters. The van der Waals surface area contributed by atoms with E-state index in [9.17, 15) is 0 Å². The molecule has 0 radical (unpaired) electrons. The first-order valence-corrected chi connectivity index (χ1v) is 6.18. The van der Waals surface area contributed by atoms with Gasteiger partial charge in [-0.3, -0.25) is 4.90 Å². The highest BCUT2D eigenvalue weighted by Gasteiger charge is 2.30. The summed E-state index contributed by atoms with van der Waals surface area (Å²) in [4.78, 5) is 6.86. The van der Waals surface area contributed by atoms with Crippen LogP contribution in [0.1, 0.15) is 32.9 Å². The molecule has 1 fully saturated rings. The van der Waals surface area contributed by atoms with Crippen molar-refractivity contribution >= 4 is 0 Å². The summed E-state index contributed by atoms with van der Waals surface area (Å²) >= 11 is 0. The average molecular weight is 221 g/mol. The molecule has 90 valence electrons. The molecule has 0 aromatic carbocycles. The zero-order chi connectivity index (χ0) is 11.8. The van der Waals surface area contributed by atoms with Crippen molar-refractivity contribution in [1.29, 1.82) is 0 Å². The first-order valence-electron chi connectivity index (χ1n) is 6.18. The standard InChI is InChI=1S/C13H23N3/c1-11-7-15(10-14-11)8-12-5-6-16(9-12)13(2,3)4/h7,10,12H,5-6,8-9H2,1-4H3/t12-/m1/s1. The highest BCUT2D eigenvalue weighted by atomic mass is 15.2. The van der Waals surface area contributed by atoms with Crippen LogP contribution in [0.2, 0.25) is 0 Å². The summed E-state index contributed by atoms with van der Waals surface area (Å²) in [5.41, 5.74) is 1.44. The molecular weight excluding hydrogens is 198 g/mol. The van der Waals surface area contributed by atoms with Crippen LogP contribution < -0.4 is 0 Å². The lowest BCUT2D eigenvalue weighted by Crippen LogP contribution is -2.39. The average Bonchev–Trinajstić information content (AvgIpc) is 2.74. The molecule has 1 aliphatic rings. The molecule has 1 saturated heterocycles. The van der Waals surface area contributed by atoms with Gasteiger partial charge in [-0.15, -0.1) is 0 Å². The molecule has 0 spiro atoms. The molecule has 1 aliphatic heterocycles. The molecule has 0 aliphatic carbocycles. The fourth-order valence-corrected chi connectivity index (χ4v) is 2.46. The quantitative estimate of drug-likeness (QED) is 0.764. The van der Waals surface area contributed by atoms with Crippen molar-refractivity contribution in [3.8, 4) is 0 Å². The van der Waals surface area contributed by atoms with Crippen molar-refractivity contribution < 1.29 is 0 Å². The van der Waals surface area contributed by atoms with E-state index in [2.05, 4.69) is 41.4 Å². The summed E-state index contributed by atoms with van der Waals surface area (Å²) in [6, 6.07) is 0. The highest BCUT2D eigenvalue weighted by molar-refractivity contribution is 4.93. The Morgan fingerprint density at radius 1 is 1.44 bits per heavy atom. The number of aromatic nitrogens is 2. The van der Waals surface area contributed by atoms with Crippen LogP contribution in [0.3, 0.4) is 0 Å². The molecule has 0 amide bonds. The van der Waals surface area contributed by atoms with Crippen molar-refractivity contribution in [2.24, 2.45) is 5.92 Å². The van der Waals surface area contributed by atoms with Gasteiger partial charge in [0.05, 0.1) is 12.0 Å². The molecule has 1 aromatic heterocycles. The van der Waals surface area contributed by atoms with Gasteiger partial charge in [0.1, 0.15) is 0 Å². The number of hydrogen-bond donors (Lipinski definition) is 0. The third-order valence-electron chi connectivity index (χ3n) is 3.47. The summed E-state index contributed by atoms with van der Waals surface area (Å²) in [5.74, 6) is 0.785. The normalized spacial score (nSPS) is 22.9. The zero-order valence-corrected chi connectivity index (χ0v) is 10.9. The second kappa shape index (κ2) is 4.21. The van der Waals surface area contributed by atoms with E-state index in [1.54, 1.807) is 0 Å². The fourth-order valence-electron chi connectivity index (χ4n) is 2.46. The van der Waals surface area contributed by atoms with Crippen LogP contribution in [-0.2, 0) is 6.54 Å². The molecule has 0 bridgehead atoms. The molecule has 0 N–H and O–H groups in total. The smallest absolute Gasteiger partial charge is 0.0949 e. The van der Waals surface area contributed by atoms with Gasteiger partial charge in [0, 0.05) is 24.8 Å². The second-order valence-corrected chi connectivity index (χ2v) is 5.98. The summed E-state index contributed by atoms with van der Waals surface area (Å²) in [5, 5.41) is 0. The van der Waals surface area contributed by atoms with Crippen molar-refractivity contribution in [2.45, 2.75) is 46.2 Å². The Bertz CT molecular complexity index is 348. The predicted octanol–water partition coefficient (Wildman–Crippen LogP) is 2.31. The minimum Gasteiger partial charge on any atom is -0.337 e. The van der Waals surface area contributed by atoms with Crippen LogP contribution in [0.25, 0.3) is 0 Å². The first-order chi connectivity index (χ1) is 7.45. The van der Waals surface area contributed by atoms with E-state index in [1.165, 1.54) is 19.5 Å². The van der Waals surface area contributed by atoms with E-state index in [0.29, 0.717) is 5.54 Å². The van der Waals surface area contributed by atoms with Gasteiger partial charge < -0.3 is 4.57 Å². The molecule has 3 nitrogen and oxygen atoms in total. The largest absolute Gasteiger partial charge is 0.337 e. The first kappa shape index (κ1) is 11.6. The van der Waals surface area contributed by atoms with Crippen molar-refractivity contribution in [3.05, 3.63) is 18.2 Å². The van der Waals surface area contributed by atoms with Crippen LogP contribution >= 0.6 is 0 Å². The van der Waals surface area contributed by atoms with Crippen LogP contribution in [-0.4, -0.2) is 33.1 Å². The van der Waals surface area contributed by atoms with Gasteiger partial charge in [-0.25, -0.2) is 4.98 Å². The van der Waals surface area contributed by atoms with Crippen LogP contribution in [0.15, 0.2) is 12.5 Å². The Kier molecular flexibility index (Phi) is 3.06. The van der Waals surface area contributed by atoms with E-state index in [-0.39, 0.29) is 0 Å². The Hall–Kier alpha value is -0.830. The minimum atomic E-state index is 0.319. The maximum Gasteiger partial charge on any atom is 0.0949 e. The van der Waals surface area contributed by atoms with Gasteiger partial charge in [-0.05, 0) is 46.6 Å². The molecule has 0 saturated carbocycles. The Morgan fingerprint density at radius 2 is 2.19 bits per heavy atom. The zero-order valence-electron chi connectivity index (χ0n) is 10.9. The van der Waals surface area contributed by atoms with Gasteiger partial charge in [0.25, 0.3) is 0 Å². The number of imidazole rings is 1. The molecular formula is C13H23N3. The fraction of sp³-hybridized carbons (Fsp3) is 0.769. The summed E-state index contributed by atoms with van der Waals surface area (Å²) in [6.07, 6.45) is 5.41. The van der Waals surface area contributed by atoms with Gasteiger partial charge in [-0.1, -0.05) is 0 Å². The Labute approximate surface area is 98.5 Å². The molecule has 0 unspecified atom stereocenters. The molecule has 2 heterocycles. The van der Waals surface area contributed by atoms with E-state index < -0.39 is 0 Å². The number of nitrogens with zero attached hydrogens (tertiary/aromatic N) is 3. The maximum absolute atomic E-state index is 4.28. The molecule has 1 aromatic rings. The van der Waals surface area contributed by atoms with Crippen LogP contribution in [0.5, 0.6) is 0 Å². The molecule has 16 heavy (non-hydrogen) atoms. The van der Waals surface area contributed by atoms with Gasteiger partial charge in [0.15, 0.2) is 0 Å². The monoisotopic (exact) mass is 221 g/mol. The predicted molar refractivity (Wildman–Crippen MR) is 66.4 cm³/mol. The van der Waals surface area contributed by atoms with E-state index in [1.807, 2.05) is 13.3 Å². The van der Waals surface area contributed by atoms with E-state index in [0.717, 1.165) is 18.2 Å². The maximum atomic E-state index is 4.28. The van der Waals surface area contributed by atoms with Crippen LogP contribution in [0, 0.1) is 12.8 Å². The highest BCUT2D eigenvalue weighted by Crippen LogP contribution is 2.25. The topological polar surface area (TPSA) is 21.1 Å². The number of aryl methyl sites for hydroxylation is 1. The second-order valence-electron chi connectivity index (χ2n) is 5.98. The minimum absolute atomic E-state index is 0.319. The van der Waals surface area contributed by atoms with E-state index >= 15 is 0 Å². The van der Waals surface area contributed by atoms with Crippen molar-refractivity contribution in [2.75, 3.05) is 13.1 Å². The third-order valence-corrected chi connectivity index (χ3v) is 3.47. The Morgan fingerprint density at radius 3 is 2.69 bits per heavy atom. The molecule has 2 rings (SSSR count). The van der Waals surface area contributed by atoms with Gasteiger partial charge >= 0.3 is 0 Å². The lowest BCUT2D eigenvalue weighted by Gasteiger charge is -2.31. The van der Waals surface area contributed by atoms with E-state index in [4.69, 9.17) is 0 Å². The van der Waals surface area contributed by atoms with Crippen molar-refractivity contribution in [3.63, 3.8) is 0 Å². The lowest BCUT2D eigenvalue weighted by molar-refractivity contribution is 0.166. The van der Waals surface area contributed by atoms with Crippen molar-refractivity contribution in [1.82, 2.24) is 14.5 Å². The summed E-state index contributed by atoms with van der Waals surface area (Å²) in [7, 11) is 0. The SMILES string of the molecule is Cc1cn(C[C@H]2CCN(C(C)(C)C)C2)cn1.